The molecule has 1 aliphatic heterocycles. The SMILES string of the molecule is COc1ccc(NC2=NCCCC2)cc1Br. The van der Waals surface area contributed by atoms with Crippen molar-refractivity contribution in [1.29, 1.82) is 0 Å². The largest absolute Gasteiger partial charge is 0.496 e. The van der Waals surface area contributed by atoms with Gasteiger partial charge in [-0.1, -0.05) is 0 Å². The minimum Gasteiger partial charge on any atom is -0.496 e. The summed E-state index contributed by atoms with van der Waals surface area (Å²) in [5.74, 6) is 1.93. The zero-order chi connectivity index (χ0) is 11.4. The first kappa shape index (κ1) is 11.5. The van der Waals surface area contributed by atoms with Gasteiger partial charge in [-0.05, 0) is 47.0 Å². The number of aliphatic imine (C=N–C) groups is 1. The fourth-order valence-corrected chi connectivity index (χ4v) is 2.25. The Balaban J connectivity index is 2.09. The lowest BCUT2D eigenvalue weighted by Gasteiger charge is -2.14. The summed E-state index contributed by atoms with van der Waals surface area (Å²) in [6.45, 7) is 0.944. The quantitative estimate of drug-likeness (QED) is 0.901. The first-order chi connectivity index (χ1) is 7.79. The van der Waals surface area contributed by atoms with E-state index in [0.29, 0.717) is 0 Å². The van der Waals surface area contributed by atoms with Gasteiger partial charge in [0.1, 0.15) is 11.6 Å². The van der Waals surface area contributed by atoms with Gasteiger partial charge in [0.15, 0.2) is 0 Å². The fraction of sp³-hybridized carbons (Fsp3) is 0.417. The van der Waals surface area contributed by atoms with Gasteiger partial charge in [-0.15, -0.1) is 0 Å². The molecule has 1 aromatic rings. The summed E-state index contributed by atoms with van der Waals surface area (Å²) in [6.07, 6.45) is 3.48. The molecule has 0 fully saturated rings. The molecule has 3 nitrogen and oxygen atoms in total. The number of hydrogen-bond acceptors (Lipinski definition) is 3. The average molecular weight is 283 g/mol. The van der Waals surface area contributed by atoms with E-state index in [0.717, 1.165) is 34.7 Å². The number of amidine groups is 1. The highest BCUT2D eigenvalue weighted by atomic mass is 79.9. The fourth-order valence-electron chi connectivity index (χ4n) is 1.71. The van der Waals surface area contributed by atoms with Crippen molar-refractivity contribution in [3.05, 3.63) is 22.7 Å². The summed E-state index contributed by atoms with van der Waals surface area (Å²) in [4.78, 5) is 4.46. The van der Waals surface area contributed by atoms with Crippen LogP contribution in [0.1, 0.15) is 19.3 Å². The third-order valence-corrected chi connectivity index (χ3v) is 3.18. The highest BCUT2D eigenvalue weighted by Gasteiger charge is 2.06. The molecular weight excluding hydrogens is 268 g/mol. The van der Waals surface area contributed by atoms with Crippen molar-refractivity contribution in [3.63, 3.8) is 0 Å². The molecule has 16 heavy (non-hydrogen) atoms. The van der Waals surface area contributed by atoms with Crippen LogP contribution in [0.2, 0.25) is 0 Å². The molecular formula is C12H15BrN2O. The molecule has 0 atom stereocenters. The lowest BCUT2D eigenvalue weighted by molar-refractivity contribution is 0.412. The lowest BCUT2D eigenvalue weighted by atomic mass is 10.2. The summed E-state index contributed by atoms with van der Waals surface area (Å²) in [6, 6.07) is 5.95. The number of nitrogens with zero attached hydrogens (tertiary/aromatic N) is 1. The van der Waals surface area contributed by atoms with Crippen molar-refractivity contribution >= 4 is 27.5 Å². The lowest BCUT2D eigenvalue weighted by Crippen LogP contribution is -2.15. The molecule has 86 valence electrons. The number of benzene rings is 1. The van der Waals surface area contributed by atoms with Gasteiger partial charge in [0.05, 0.1) is 11.6 Å². The van der Waals surface area contributed by atoms with Gasteiger partial charge >= 0.3 is 0 Å². The van der Waals surface area contributed by atoms with Crippen molar-refractivity contribution in [3.8, 4) is 5.75 Å². The predicted octanol–water partition coefficient (Wildman–Crippen LogP) is 3.45. The number of ether oxygens (including phenoxy) is 1. The van der Waals surface area contributed by atoms with E-state index < -0.39 is 0 Å². The van der Waals surface area contributed by atoms with E-state index in [1.54, 1.807) is 7.11 Å². The molecule has 1 aromatic carbocycles. The molecule has 1 N–H and O–H groups in total. The summed E-state index contributed by atoms with van der Waals surface area (Å²) in [5, 5.41) is 3.34. The van der Waals surface area contributed by atoms with Gasteiger partial charge in [-0.2, -0.15) is 0 Å². The third kappa shape index (κ3) is 2.76. The maximum absolute atomic E-state index is 5.19. The Hall–Kier alpha value is -1.03. The zero-order valence-electron chi connectivity index (χ0n) is 9.29. The molecule has 0 bridgehead atoms. The summed E-state index contributed by atoms with van der Waals surface area (Å²) in [5.41, 5.74) is 1.05. The van der Waals surface area contributed by atoms with Crippen LogP contribution in [0.25, 0.3) is 0 Å². The second kappa shape index (κ2) is 5.34. The van der Waals surface area contributed by atoms with E-state index >= 15 is 0 Å². The van der Waals surface area contributed by atoms with Gasteiger partial charge in [-0.25, -0.2) is 0 Å². The molecule has 0 saturated carbocycles. The Morgan fingerprint density at radius 2 is 2.25 bits per heavy atom. The minimum absolute atomic E-state index is 0.844. The standard InChI is InChI=1S/C12H15BrN2O/c1-16-11-6-5-9(8-10(11)13)15-12-4-2-3-7-14-12/h5-6,8H,2-4,7H2,1H3,(H,14,15). The van der Waals surface area contributed by atoms with Crippen molar-refractivity contribution in [2.24, 2.45) is 4.99 Å². The Kier molecular flexibility index (Phi) is 3.83. The molecule has 0 radical (unpaired) electrons. The molecule has 4 heteroatoms. The summed E-state index contributed by atoms with van der Waals surface area (Å²) < 4.78 is 6.14. The average Bonchev–Trinajstić information content (AvgIpc) is 2.31. The summed E-state index contributed by atoms with van der Waals surface area (Å²) >= 11 is 3.47. The number of halogens is 1. The first-order valence-electron chi connectivity index (χ1n) is 5.43. The van der Waals surface area contributed by atoms with E-state index in [9.17, 15) is 0 Å². The zero-order valence-corrected chi connectivity index (χ0v) is 10.9. The van der Waals surface area contributed by atoms with Gasteiger partial charge in [0.2, 0.25) is 0 Å². The topological polar surface area (TPSA) is 33.6 Å². The Labute approximate surface area is 104 Å². The molecule has 0 unspecified atom stereocenters. The minimum atomic E-state index is 0.844. The molecule has 1 aliphatic rings. The molecule has 0 aliphatic carbocycles. The van der Waals surface area contributed by atoms with E-state index in [2.05, 4.69) is 26.2 Å². The van der Waals surface area contributed by atoms with E-state index in [1.165, 1.54) is 12.8 Å². The summed E-state index contributed by atoms with van der Waals surface area (Å²) in [7, 11) is 1.67. The Morgan fingerprint density at radius 1 is 1.38 bits per heavy atom. The normalized spacial score (nSPS) is 15.5. The molecule has 2 rings (SSSR count). The third-order valence-electron chi connectivity index (χ3n) is 2.56. The molecule has 0 aromatic heterocycles. The monoisotopic (exact) mass is 282 g/mol. The van der Waals surface area contributed by atoms with Crippen LogP contribution >= 0.6 is 15.9 Å². The van der Waals surface area contributed by atoms with E-state index in [4.69, 9.17) is 4.74 Å². The maximum Gasteiger partial charge on any atom is 0.133 e. The van der Waals surface area contributed by atoms with Crippen LogP contribution in [0, 0.1) is 0 Å². The van der Waals surface area contributed by atoms with Crippen molar-refractivity contribution in [1.82, 2.24) is 0 Å². The van der Waals surface area contributed by atoms with Gasteiger partial charge in [0.25, 0.3) is 0 Å². The van der Waals surface area contributed by atoms with E-state index in [1.807, 2.05) is 18.2 Å². The van der Waals surface area contributed by atoms with Gasteiger partial charge in [-0.3, -0.25) is 4.99 Å². The number of nitrogens with one attached hydrogen (secondary N) is 1. The molecule has 0 saturated heterocycles. The van der Waals surface area contributed by atoms with Crippen LogP contribution in [0.3, 0.4) is 0 Å². The second-order valence-electron chi connectivity index (χ2n) is 3.76. The van der Waals surface area contributed by atoms with Crippen LogP contribution in [0.4, 0.5) is 5.69 Å². The van der Waals surface area contributed by atoms with Crippen molar-refractivity contribution < 1.29 is 4.74 Å². The second-order valence-corrected chi connectivity index (χ2v) is 4.61. The number of anilines is 1. The van der Waals surface area contributed by atoms with Gasteiger partial charge < -0.3 is 10.1 Å². The smallest absolute Gasteiger partial charge is 0.133 e. The number of methoxy groups -OCH3 is 1. The number of hydrogen-bond donors (Lipinski definition) is 1. The molecule has 1 heterocycles. The highest BCUT2D eigenvalue weighted by molar-refractivity contribution is 9.10. The van der Waals surface area contributed by atoms with Gasteiger partial charge in [0, 0.05) is 18.7 Å². The van der Waals surface area contributed by atoms with Crippen molar-refractivity contribution in [2.45, 2.75) is 19.3 Å². The Bertz CT molecular complexity index is 404. The van der Waals surface area contributed by atoms with Crippen LogP contribution in [0.5, 0.6) is 5.75 Å². The maximum atomic E-state index is 5.19. The van der Waals surface area contributed by atoms with Crippen LogP contribution in [-0.4, -0.2) is 19.5 Å². The Morgan fingerprint density at radius 3 is 2.88 bits per heavy atom. The van der Waals surface area contributed by atoms with Crippen LogP contribution in [-0.2, 0) is 0 Å². The van der Waals surface area contributed by atoms with Crippen molar-refractivity contribution in [2.75, 3.05) is 19.0 Å². The van der Waals surface area contributed by atoms with Crippen LogP contribution in [0.15, 0.2) is 27.7 Å². The molecule has 0 spiro atoms. The number of rotatable bonds is 2. The molecule has 0 amide bonds. The highest BCUT2D eigenvalue weighted by Crippen LogP contribution is 2.28. The van der Waals surface area contributed by atoms with Crippen LogP contribution < -0.4 is 10.1 Å². The predicted molar refractivity (Wildman–Crippen MR) is 70.5 cm³/mol. The first-order valence-corrected chi connectivity index (χ1v) is 6.23. The van der Waals surface area contributed by atoms with E-state index in [-0.39, 0.29) is 0 Å².